The molecule has 0 saturated heterocycles. The molecule has 0 aromatic rings. The van der Waals surface area contributed by atoms with E-state index < -0.39 is 11.5 Å². The fourth-order valence-electron chi connectivity index (χ4n) is 2.44. The number of ether oxygens (including phenoxy) is 1. The van der Waals surface area contributed by atoms with Gasteiger partial charge in [0.05, 0.1) is 6.61 Å². The second-order valence-electron chi connectivity index (χ2n) is 5.31. The third kappa shape index (κ3) is 4.29. The maximum absolute atomic E-state index is 11.8. The third-order valence-corrected chi connectivity index (χ3v) is 3.57. The van der Waals surface area contributed by atoms with E-state index >= 15 is 0 Å². The first-order valence-corrected chi connectivity index (χ1v) is 6.51. The molecule has 104 valence electrons. The smallest absolute Gasteiger partial charge is 0.331 e. The topological polar surface area (TPSA) is 75.6 Å². The highest BCUT2D eigenvalue weighted by molar-refractivity contribution is 5.86. The number of hydrogen-bond donors (Lipinski definition) is 2. The molecule has 1 fully saturated rings. The molecule has 0 aromatic carbocycles. The Bertz CT molecular complexity index is 299. The number of methoxy groups -OCH3 is 1. The number of nitrogens with one attached hydrogen (secondary N) is 1. The highest BCUT2D eigenvalue weighted by atomic mass is 16.5. The molecule has 2 N–H and O–H groups in total. The van der Waals surface area contributed by atoms with E-state index in [4.69, 9.17) is 9.84 Å². The van der Waals surface area contributed by atoms with Crippen LogP contribution in [0.25, 0.3) is 0 Å². The minimum Gasteiger partial charge on any atom is -0.479 e. The average molecular weight is 257 g/mol. The Balaban J connectivity index is 2.38. The van der Waals surface area contributed by atoms with Crippen molar-refractivity contribution in [1.29, 1.82) is 0 Å². The number of carbonyl (C=O) groups excluding carboxylic acids is 1. The van der Waals surface area contributed by atoms with Crippen LogP contribution in [0.4, 0.5) is 0 Å². The molecule has 1 unspecified atom stereocenters. The minimum absolute atomic E-state index is 0.0303. The molecule has 5 heteroatoms. The number of hydrogen-bond acceptors (Lipinski definition) is 3. The van der Waals surface area contributed by atoms with E-state index in [1.807, 2.05) is 0 Å². The van der Waals surface area contributed by atoms with Gasteiger partial charge in [-0.1, -0.05) is 25.7 Å². The quantitative estimate of drug-likeness (QED) is 0.725. The summed E-state index contributed by atoms with van der Waals surface area (Å²) in [7, 11) is 1.42. The Labute approximate surface area is 108 Å². The van der Waals surface area contributed by atoms with Crippen LogP contribution in [0, 0.1) is 5.92 Å². The highest BCUT2D eigenvalue weighted by Gasteiger charge is 2.34. The van der Waals surface area contributed by atoms with Crippen LogP contribution in [0.15, 0.2) is 0 Å². The van der Waals surface area contributed by atoms with Crippen LogP contribution >= 0.6 is 0 Å². The fourth-order valence-corrected chi connectivity index (χ4v) is 2.44. The largest absolute Gasteiger partial charge is 0.479 e. The van der Waals surface area contributed by atoms with E-state index in [-0.39, 0.29) is 12.5 Å². The van der Waals surface area contributed by atoms with E-state index in [1.54, 1.807) is 0 Å². The van der Waals surface area contributed by atoms with Crippen molar-refractivity contribution in [3.63, 3.8) is 0 Å². The molecule has 0 heterocycles. The van der Waals surface area contributed by atoms with Gasteiger partial charge in [-0.05, 0) is 19.3 Å². The SMILES string of the molecule is COCC(C)(NC(=O)CCC1CCCC1)C(=O)O. The molecule has 1 atom stereocenters. The van der Waals surface area contributed by atoms with Crippen LogP contribution in [0.1, 0.15) is 45.4 Å². The van der Waals surface area contributed by atoms with Gasteiger partial charge >= 0.3 is 5.97 Å². The first-order chi connectivity index (χ1) is 8.48. The predicted octanol–water partition coefficient (Wildman–Crippen LogP) is 1.56. The van der Waals surface area contributed by atoms with Gasteiger partial charge in [-0.3, -0.25) is 4.79 Å². The molecule has 5 nitrogen and oxygen atoms in total. The summed E-state index contributed by atoms with van der Waals surface area (Å²) in [5, 5.41) is 11.7. The molecule has 18 heavy (non-hydrogen) atoms. The standard InChI is InChI=1S/C13H23NO4/c1-13(9-18-2,12(16)17)14-11(15)8-7-10-5-3-4-6-10/h10H,3-9H2,1-2H3,(H,14,15)(H,16,17). The van der Waals surface area contributed by atoms with Crippen LogP contribution in [0.2, 0.25) is 0 Å². The van der Waals surface area contributed by atoms with Crippen molar-refractivity contribution in [3.8, 4) is 0 Å². The Morgan fingerprint density at radius 3 is 2.50 bits per heavy atom. The maximum atomic E-state index is 11.8. The van der Waals surface area contributed by atoms with E-state index in [1.165, 1.54) is 39.7 Å². The van der Waals surface area contributed by atoms with Gasteiger partial charge in [-0.2, -0.15) is 0 Å². The first kappa shape index (κ1) is 15.0. The average Bonchev–Trinajstić information content (AvgIpc) is 2.79. The van der Waals surface area contributed by atoms with Crippen molar-refractivity contribution in [2.75, 3.05) is 13.7 Å². The summed E-state index contributed by atoms with van der Waals surface area (Å²) in [6, 6.07) is 0. The molecule has 0 aliphatic heterocycles. The van der Waals surface area contributed by atoms with Crippen molar-refractivity contribution in [3.05, 3.63) is 0 Å². The van der Waals surface area contributed by atoms with Crippen LogP contribution in [0.3, 0.4) is 0 Å². The molecule has 1 rings (SSSR count). The van der Waals surface area contributed by atoms with Gasteiger partial charge in [0.2, 0.25) is 5.91 Å². The van der Waals surface area contributed by atoms with Crippen molar-refractivity contribution < 1.29 is 19.4 Å². The zero-order valence-electron chi connectivity index (χ0n) is 11.2. The zero-order valence-corrected chi connectivity index (χ0v) is 11.2. The molecule has 1 aliphatic carbocycles. The van der Waals surface area contributed by atoms with E-state index in [0.29, 0.717) is 12.3 Å². The Morgan fingerprint density at radius 2 is 2.00 bits per heavy atom. The van der Waals surface area contributed by atoms with Crippen LogP contribution in [-0.4, -0.2) is 36.2 Å². The van der Waals surface area contributed by atoms with Crippen molar-refractivity contribution in [2.24, 2.45) is 5.92 Å². The van der Waals surface area contributed by atoms with Crippen LogP contribution in [0.5, 0.6) is 0 Å². The first-order valence-electron chi connectivity index (χ1n) is 6.51. The van der Waals surface area contributed by atoms with E-state index in [2.05, 4.69) is 5.32 Å². The fraction of sp³-hybridized carbons (Fsp3) is 0.846. The Kier molecular flexibility index (Phi) is 5.59. The van der Waals surface area contributed by atoms with E-state index in [9.17, 15) is 9.59 Å². The number of carboxylic acids is 1. The van der Waals surface area contributed by atoms with Crippen molar-refractivity contribution in [1.82, 2.24) is 5.32 Å². The summed E-state index contributed by atoms with van der Waals surface area (Å²) in [5.74, 6) is -0.642. The van der Waals surface area contributed by atoms with Gasteiger partial charge in [0.1, 0.15) is 0 Å². The molecular weight excluding hydrogens is 234 g/mol. The van der Waals surface area contributed by atoms with Gasteiger partial charge in [-0.25, -0.2) is 4.79 Å². The number of carboxylic acid groups (broad SMARTS) is 1. The molecule has 0 spiro atoms. The molecule has 0 radical (unpaired) electrons. The van der Waals surface area contributed by atoms with Gasteiger partial charge in [0.25, 0.3) is 0 Å². The van der Waals surface area contributed by atoms with Crippen LogP contribution < -0.4 is 5.32 Å². The van der Waals surface area contributed by atoms with Crippen molar-refractivity contribution >= 4 is 11.9 Å². The lowest BCUT2D eigenvalue weighted by Gasteiger charge is -2.25. The normalized spacial score (nSPS) is 19.4. The lowest BCUT2D eigenvalue weighted by atomic mass is 10.00. The van der Waals surface area contributed by atoms with Gasteiger partial charge in [0.15, 0.2) is 5.54 Å². The number of aliphatic carboxylic acids is 1. The zero-order chi connectivity index (χ0) is 13.6. The molecule has 1 saturated carbocycles. The van der Waals surface area contributed by atoms with Crippen LogP contribution in [-0.2, 0) is 14.3 Å². The molecular formula is C13H23NO4. The third-order valence-electron chi connectivity index (χ3n) is 3.57. The molecule has 0 aromatic heterocycles. The minimum atomic E-state index is -1.33. The van der Waals surface area contributed by atoms with E-state index in [0.717, 1.165) is 6.42 Å². The second kappa shape index (κ2) is 6.73. The Morgan fingerprint density at radius 1 is 1.39 bits per heavy atom. The summed E-state index contributed by atoms with van der Waals surface area (Å²) in [5.41, 5.74) is -1.33. The predicted molar refractivity (Wildman–Crippen MR) is 67.3 cm³/mol. The maximum Gasteiger partial charge on any atom is 0.331 e. The summed E-state index contributed by atoms with van der Waals surface area (Å²) in [6.45, 7) is 1.43. The summed E-state index contributed by atoms with van der Waals surface area (Å²) in [6.07, 6.45) is 6.15. The highest BCUT2D eigenvalue weighted by Crippen LogP contribution is 2.28. The monoisotopic (exact) mass is 257 g/mol. The molecule has 0 bridgehead atoms. The van der Waals surface area contributed by atoms with Gasteiger partial charge in [-0.15, -0.1) is 0 Å². The number of carbonyl (C=O) groups is 2. The molecule has 1 amide bonds. The number of rotatable bonds is 7. The van der Waals surface area contributed by atoms with Gasteiger partial charge in [0, 0.05) is 13.5 Å². The summed E-state index contributed by atoms with van der Waals surface area (Å²) >= 11 is 0. The number of amides is 1. The lowest BCUT2D eigenvalue weighted by Crippen LogP contribution is -2.55. The Hall–Kier alpha value is -1.10. The molecule has 1 aliphatic rings. The summed E-state index contributed by atoms with van der Waals surface area (Å²) in [4.78, 5) is 22.9. The van der Waals surface area contributed by atoms with Crippen molar-refractivity contribution in [2.45, 2.75) is 51.0 Å². The second-order valence-corrected chi connectivity index (χ2v) is 5.31. The summed E-state index contributed by atoms with van der Waals surface area (Å²) < 4.78 is 4.85. The lowest BCUT2D eigenvalue weighted by molar-refractivity contribution is -0.149. The van der Waals surface area contributed by atoms with Gasteiger partial charge < -0.3 is 15.2 Å².